The second-order valence-electron chi connectivity index (χ2n) is 9.30. The van der Waals surface area contributed by atoms with Crippen LogP contribution in [0.2, 0.25) is 0 Å². The maximum Gasteiger partial charge on any atom is 0.261 e. The van der Waals surface area contributed by atoms with Crippen molar-refractivity contribution < 1.29 is 14.3 Å². The summed E-state index contributed by atoms with van der Waals surface area (Å²) < 4.78 is 6.06. The number of hydrogen-bond acceptors (Lipinski definition) is 3. The number of fused-ring (bicyclic) bond motifs is 1. The summed E-state index contributed by atoms with van der Waals surface area (Å²) in [6, 6.07) is 32.6. The molecule has 0 aromatic heterocycles. The van der Waals surface area contributed by atoms with Crippen molar-refractivity contribution in [1.29, 1.82) is 0 Å². The van der Waals surface area contributed by atoms with Crippen LogP contribution in [0, 0.1) is 0 Å². The van der Waals surface area contributed by atoms with E-state index in [4.69, 9.17) is 4.74 Å². The molecule has 0 fully saturated rings. The van der Waals surface area contributed by atoms with Crippen LogP contribution < -0.4 is 10.1 Å². The van der Waals surface area contributed by atoms with E-state index in [2.05, 4.69) is 5.32 Å². The van der Waals surface area contributed by atoms with E-state index in [-0.39, 0.29) is 24.5 Å². The van der Waals surface area contributed by atoms with Gasteiger partial charge in [-0.1, -0.05) is 104 Å². The first-order chi connectivity index (χ1) is 18.0. The summed E-state index contributed by atoms with van der Waals surface area (Å²) in [5, 5.41) is 5.09. The molecular formula is C32H34N2O3. The average molecular weight is 495 g/mol. The van der Waals surface area contributed by atoms with Gasteiger partial charge in [0.15, 0.2) is 6.61 Å². The van der Waals surface area contributed by atoms with Crippen LogP contribution in [-0.4, -0.2) is 35.4 Å². The lowest BCUT2D eigenvalue weighted by Crippen LogP contribution is -2.53. The van der Waals surface area contributed by atoms with Crippen molar-refractivity contribution in [3.63, 3.8) is 0 Å². The summed E-state index contributed by atoms with van der Waals surface area (Å²) in [7, 11) is 0. The fourth-order valence-corrected chi connectivity index (χ4v) is 4.32. The van der Waals surface area contributed by atoms with Crippen molar-refractivity contribution >= 4 is 22.6 Å². The average Bonchev–Trinajstić information content (AvgIpc) is 2.94. The Kier molecular flexibility index (Phi) is 8.93. The highest BCUT2D eigenvalue weighted by atomic mass is 16.5. The summed E-state index contributed by atoms with van der Waals surface area (Å²) in [6.07, 6.45) is 1.22. The monoisotopic (exact) mass is 494 g/mol. The zero-order chi connectivity index (χ0) is 26.0. The predicted molar refractivity (Wildman–Crippen MR) is 148 cm³/mol. The van der Waals surface area contributed by atoms with Gasteiger partial charge in [-0.25, -0.2) is 0 Å². The number of benzene rings is 4. The smallest absolute Gasteiger partial charge is 0.261 e. The molecule has 1 N–H and O–H groups in total. The van der Waals surface area contributed by atoms with Gasteiger partial charge in [0.05, 0.1) is 0 Å². The first kappa shape index (κ1) is 26.0. The van der Waals surface area contributed by atoms with Gasteiger partial charge in [0.2, 0.25) is 5.91 Å². The van der Waals surface area contributed by atoms with Gasteiger partial charge in [-0.3, -0.25) is 9.59 Å². The molecule has 0 aliphatic carbocycles. The van der Waals surface area contributed by atoms with E-state index in [0.717, 1.165) is 28.3 Å². The van der Waals surface area contributed by atoms with E-state index in [1.54, 1.807) is 4.90 Å². The van der Waals surface area contributed by atoms with Crippen LogP contribution in [-0.2, 0) is 22.6 Å². The Balaban J connectivity index is 1.63. The SMILES string of the molecule is CC[C@@H](C)NC(=O)[C@@H](Cc1ccccc1)N(Cc1ccccc1)C(=O)COc1cccc2ccccc12. The highest BCUT2D eigenvalue weighted by molar-refractivity contribution is 5.90. The van der Waals surface area contributed by atoms with Gasteiger partial charge in [0, 0.05) is 24.4 Å². The highest BCUT2D eigenvalue weighted by Crippen LogP contribution is 2.25. The lowest BCUT2D eigenvalue weighted by molar-refractivity contribution is -0.143. The Labute approximate surface area is 219 Å². The van der Waals surface area contributed by atoms with E-state index in [9.17, 15) is 9.59 Å². The summed E-state index contributed by atoms with van der Waals surface area (Å²) in [5.74, 6) is 0.249. The minimum absolute atomic E-state index is 0.00591. The van der Waals surface area contributed by atoms with Crippen molar-refractivity contribution in [2.24, 2.45) is 0 Å². The van der Waals surface area contributed by atoms with E-state index in [0.29, 0.717) is 18.7 Å². The summed E-state index contributed by atoms with van der Waals surface area (Å²) in [6.45, 7) is 4.15. The van der Waals surface area contributed by atoms with Gasteiger partial charge in [0.25, 0.3) is 5.91 Å². The third kappa shape index (κ3) is 6.98. The second-order valence-corrected chi connectivity index (χ2v) is 9.30. The summed E-state index contributed by atoms with van der Waals surface area (Å²) >= 11 is 0. The van der Waals surface area contributed by atoms with Crippen LogP contribution in [0.1, 0.15) is 31.4 Å². The van der Waals surface area contributed by atoms with Crippen LogP contribution in [0.15, 0.2) is 103 Å². The lowest BCUT2D eigenvalue weighted by Gasteiger charge is -2.32. The third-order valence-electron chi connectivity index (χ3n) is 6.57. The Bertz CT molecular complexity index is 1300. The van der Waals surface area contributed by atoms with E-state index in [1.807, 2.05) is 117 Å². The molecule has 190 valence electrons. The molecule has 0 spiro atoms. The molecule has 0 saturated carbocycles. The topological polar surface area (TPSA) is 58.6 Å². The molecule has 37 heavy (non-hydrogen) atoms. The molecule has 2 atom stereocenters. The van der Waals surface area contributed by atoms with Crippen molar-refractivity contribution in [2.75, 3.05) is 6.61 Å². The molecule has 5 heteroatoms. The van der Waals surface area contributed by atoms with Crippen molar-refractivity contribution in [3.05, 3.63) is 114 Å². The fourth-order valence-electron chi connectivity index (χ4n) is 4.32. The standard InChI is InChI=1S/C32H34N2O3/c1-3-24(2)33-32(36)29(21-25-13-6-4-7-14-25)34(22-26-15-8-5-9-16-26)31(35)23-37-30-20-12-18-27-17-10-11-19-28(27)30/h4-20,24,29H,3,21-23H2,1-2H3,(H,33,36)/t24-,29-/m1/s1. The molecule has 2 amide bonds. The molecule has 5 nitrogen and oxygen atoms in total. The van der Waals surface area contributed by atoms with Gasteiger partial charge in [-0.2, -0.15) is 0 Å². The molecule has 0 radical (unpaired) electrons. The van der Waals surface area contributed by atoms with Gasteiger partial charge < -0.3 is 15.0 Å². The number of nitrogens with zero attached hydrogens (tertiary/aromatic N) is 1. The summed E-state index contributed by atoms with van der Waals surface area (Å²) in [5.41, 5.74) is 1.95. The largest absolute Gasteiger partial charge is 0.483 e. The number of hydrogen-bond donors (Lipinski definition) is 1. The first-order valence-electron chi connectivity index (χ1n) is 12.8. The van der Waals surface area contributed by atoms with Gasteiger partial charge in [0.1, 0.15) is 11.8 Å². The highest BCUT2D eigenvalue weighted by Gasteiger charge is 2.31. The fraction of sp³-hybridized carbons (Fsp3) is 0.250. The van der Waals surface area contributed by atoms with Crippen LogP contribution in [0.5, 0.6) is 5.75 Å². The third-order valence-corrected chi connectivity index (χ3v) is 6.57. The molecule has 4 rings (SSSR count). The van der Waals surface area contributed by atoms with Crippen molar-refractivity contribution in [2.45, 2.75) is 45.3 Å². The number of ether oxygens (including phenoxy) is 1. The molecular weight excluding hydrogens is 460 g/mol. The number of nitrogens with one attached hydrogen (secondary N) is 1. The normalized spacial score (nSPS) is 12.5. The first-order valence-corrected chi connectivity index (χ1v) is 12.8. The Morgan fingerprint density at radius 3 is 2.14 bits per heavy atom. The molecule has 0 heterocycles. The number of amides is 2. The Morgan fingerprint density at radius 2 is 1.43 bits per heavy atom. The zero-order valence-electron chi connectivity index (χ0n) is 21.5. The number of carbonyl (C=O) groups excluding carboxylic acids is 2. The van der Waals surface area contributed by atoms with Gasteiger partial charge in [-0.15, -0.1) is 0 Å². The maximum atomic E-state index is 13.8. The van der Waals surface area contributed by atoms with Crippen LogP contribution in [0.3, 0.4) is 0 Å². The molecule has 0 unspecified atom stereocenters. The van der Waals surface area contributed by atoms with E-state index in [1.165, 1.54) is 0 Å². The van der Waals surface area contributed by atoms with Crippen molar-refractivity contribution in [3.8, 4) is 5.75 Å². The van der Waals surface area contributed by atoms with Crippen LogP contribution in [0.4, 0.5) is 0 Å². The minimum atomic E-state index is -0.680. The predicted octanol–water partition coefficient (Wildman–Crippen LogP) is 5.77. The minimum Gasteiger partial charge on any atom is -0.483 e. The molecule has 4 aromatic rings. The Morgan fingerprint density at radius 1 is 0.811 bits per heavy atom. The quantitative estimate of drug-likeness (QED) is 0.288. The molecule has 0 saturated heterocycles. The molecule has 4 aromatic carbocycles. The van der Waals surface area contributed by atoms with Gasteiger partial charge >= 0.3 is 0 Å². The second kappa shape index (κ2) is 12.7. The zero-order valence-corrected chi connectivity index (χ0v) is 21.5. The van der Waals surface area contributed by atoms with E-state index < -0.39 is 6.04 Å². The van der Waals surface area contributed by atoms with Crippen LogP contribution >= 0.6 is 0 Å². The maximum absolute atomic E-state index is 13.8. The van der Waals surface area contributed by atoms with Crippen LogP contribution in [0.25, 0.3) is 10.8 Å². The van der Waals surface area contributed by atoms with Crippen molar-refractivity contribution in [1.82, 2.24) is 10.2 Å². The number of carbonyl (C=O) groups is 2. The summed E-state index contributed by atoms with van der Waals surface area (Å²) in [4.78, 5) is 29.0. The van der Waals surface area contributed by atoms with E-state index >= 15 is 0 Å². The molecule has 0 aliphatic heterocycles. The Hall–Kier alpha value is -4.12. The molecule has 0 bridgehead atoms. The van der Waals surface area contributed by atoms with Gasteiger partial charge in [-0.05, 0) is 35.9 Å². The number of rotatable bonds is 11. The molecule has 0 aliphatic rings. The lowest BCUT2D eigenvalue weighted by atomic mass is 10.0.